The Morgan fingerprint density at radius 2 is 1.82 bits per heavy atom. The highest BCUT2D eigenvalue weighted by molar-refractivity contribution is 5.89. The van der Waals surface area contributed by atoms with Crippen LogP contribution in [0.15, 0.2) is 42.5 Å². The molecule has 0 unspecified atom stereocenters. The smallest absolute Gasteiger partial charge is 0.399 e. The van der Waals surface area contributed by atoms with E-state index in [1.807, 2.05) is 0 Å². The zero-order chi connectivity index (χ0) is 13.1. The molecule has 1 aromatic rings. The summed E-state index contributed by atoms with van der Waals surface area (Å²) in [5, 5.41) is 0. The third kappa shape index (κ3) is 3.09. The molecule has 0 aromatic heterocycles. The second-order valence-electron chi connectivity index (χ2n) is 3.40. The maximum atomic E-state index is 12.9. The minimum Gasteiger partial charge on any atom is -0.466 e. The molecule has 0 bridgehead atoms. The van der Waals surface area contributed by atoms with Crippen molar-refractivity contribution in [1.29, 1.82) is 0 Å². The predicted octanol–water partition coefficient (Wildman–Crippen LogP) is 3.06. The summed E-state index contributed by atoms with van der Waals surface area (Å²) in [4.78, 5) is 11.2. The fourth-order valence-corrected chi connectivity index (χ4v) is 1.48. The first-order chi connectivity index (χ1) is 7.88. The highest BCUT2D eigenvalue weighted by Crippen LogP contribution is 2.39. The number of methoxy groups -OCH3 is 1. The fourth-order valence-electron chi connectivity index (χ4n) is 1.48. The molecule has 0 aliphatic rings. The second-order valence-corrected chi connectivity index (χ2v) is 3.40. The summed E-state index contributed by atoms with van der Waals surface area (Å²) in [6.07, 6.45) is -4.58. The summed E-state index contributed by atoms with van der Waals surface area (Å²) in [6.45, 7) is 3.17. The van der Waals surface area contributed by atoms with Crippen LogP contribution in [-0.4, -0.2) is 19.3 Å². The number of alkyl halides is 3. The lowest BCUT2D eigenvalue weighted by Crippen LogP contribution is -2.26. The number of halogens is 3. The molecule has 0 radical (unpaired) electrons. The van der Waals surface area contributed by atoms with Crippen LogP contribution in [0.5, 0.6) is 0 Å². The van der Waals surface area contributed by atoms with E-state index in [1.165, 1.54) is 24.3 Å². The maximum absolute atomic E-state index is 12.9. The van der Waals surface area contributed by atoms with Gasteiger partial charge in [-0.25, -0.2) is 4.79 Å². The van der Waals surface area contributed by atoms with Gasteiger partial charge in [-0.15, -0.1) is 0 Å². The van der Waals surface area contributed by atoms with E-state index in [0.717, 1.165) is 7.11 Å². The topological polar surface area (TPSA) is 26.3 Å². The first-order valence-corrected chi connectivity index (χ1v) is 4.76. The van der Waals surface area contributed by atoms with Crippen molar-refractivity contribution in [2.75, 3.05) is 7.11 Å². The van der Waals surface area contributed by atoms with E-state index in [9.17, 15) is 18.0 Å². The van der Waals surface area contributed by atoms with E-state index in [4.69, 9.17) is 0 Å². The molecule has 1 atom stereocenters. The summed E-state index contributed by atoms with van der Waals surface area (Å²) in [5.41, 5.74) is -0.651. The van der Waals surface area contributed by atoms with Crippen molar-refractivity contribution in [2.45, 2.75) is 12.1 Å². The Bertz CT molecular complexity index is 410. The van der Waals surface area contributed by atoms with Crippen LogP contribution in [-0.2, 0) is 9.53 Å². The molecule has 0 saturated carbocycles. The molecule has 1 rings (SSSR count). The van der Waals surface area contributed by atoms with Crippen LogP contribution < -0.4 is 0 Å². The molecule has 0 heterocycles. The van der Waals surface area contributed by atoms with Gasteiger partial charge in [-0.2, -0.15) is 13.2 Å². The zero-order valence-corrected chi connectivity index (χ0v) is 9.12. The predicted molar refractivity (Wildman–Crippen MR) is 56.4 cm³/mol. The van der Waals surface area contributed by atoms with Crippen molar-refractivity contribution in [1.82, 2.24) is 0 Å². The van der Waals surface area contributed by atoms with Crippen LogP contribution in [0.4, 0.5) is 13.2 Å². The first-order valence-electron chi connectivity index (χ1n) is 4.76. The molecule has 5 heteroatoms. The molecule has 92 valence electrons. The Morgan fingerprint density at radius 1 is 1.29 bits per heavy atom. The summed E-state index contributed by atoms with van der Waals surface area (Å²) < 4.78 is 42.9. The molecule has 1 aromatic carbocycles. The lowest BCUT2D eigenvalue weighted by atomic mass is 9.91. The lowest BCUT2D eigenvalue weighted by Gasteiger charge is -2.21. The molecule has 0 amide bonds. The van der Waals surface area contributed by atoms with Crippen LogP contribution in [0.3, 0.4) is 0 Å². The molecule has 0 saturated heterocycles. The Kier molecular flexibility index (Phi) is 3.93. The fraction of sp³-hybridized carbons (Fsp3) is 0.250. The number of hydrogen-bond acceptors (Lipinski definition) is 2. The number of rotatable bonds is 3. The van der Waals surface area contributed by atoms with Gasteiger partial charge in [0.15, 0.2) is 0 Å². The summed E-state index contributed by atoms with van der Waals surface area (Å²) >= 11 is 0. The van der Waals surface area contributed by atoms with Crippen LogP contribution in [0.1, 0.15) is 11.5 Å². The summed E-state index contributed by atoms with van der Waals surface area (Å²) in [6, 6.07) is 7.13. The van der Waals surface area contributed by atoms with Gasteiger partial charge in [0.25, 0.3) is 0 Å². The maximum Gasteiger partial charge on any atom is 0.399 e. The van der Waals surface area contributed by atoms with Crippen molar-refractivity contribution >= 4 is 5.97 Å². The van der Waals surface area contributed by atoms with Gasteiger partial charge in [-0.05, 0) is 5.56 Å². The molecule has 0 N–H and O–H groups in total. The number of ether oxygens (including phenoxy) is 1. The van der Waals surface area contributed by atoms with Crippen molar-refractivity contribution < 1.29 is 22.7 Å². The van der Waals surface area contributed by atoms with Gasteiger partial charge in [0.1, 0.15) is 5.92 Å². The lowest BCUT2D eigenvalue weighted by molar-refractivity contribution is -0.153. The van der Waals surface area contributed by atoms with Gasteiger partial charge in [0.2, 0.25) is 0 Å². The molecular weight excluding hydrogens is 233 g/mol. The monoisotopic (exact) mass is 244 g/mol. The second kappa shape index (κ2) is 5.03. The molecule has 0 fully saturated rings. The Labute approximate surface area is 96.7 Å². The molecule has 2 nitrogen and oxygen atoms in total. The van der Waals surface area contributed by atoms with Crippen molar-refractivity contribution in [2.24, 2.45) is 0 Å². The van der Waals surface area contributed by atoms with E-state index in [-0.39, 0.29) is 5.56 Å². The number of esters is 1. The van der Waals surface area contributed by atoms with Gasteiger partial charge in [-0.3, -0.25) is 0 Å². The van der Waals surface area contributed by atoms with Crippen molar-refractivity contribution in [3.8, 4) is 0 Å². The van der Waals surface area contributed by atoms with E-state index < -0.39 is 23.6 Å². The standard InChI is InChI=1S/C12H11F3O2/c1-8(11(16)17-2)10(12(13,14)15)9-6-4-3-5-7-9/h3-7,10H,1H2,2H3/t10-/m0/s1. The van der Waals surface area contributed by atoms with Crippen LogP contribution >= 0.6 is 0 Å². The number of hydrogen-bond donors (Lipinski definition) is 0. The zero-order valence-electron chi connectivity index (χ0n) is 9.12. The van der Waals surface area contributed by atoms with Crippen LogP contribution in [0.25, 0.3) is 0 Å². The van der Waals surface area contributed by atoms with E-state index >= 15 is 0 Å². The SMILES string of the molecule is C=C(C(=O)OC)[C@@H](c1ccccc1)C(F)(F)F. The highest BCUT2D eigenvalue weighted by atomic mass is 19.4. The Balaban J connectivity index is 3.15. The van der Waals surface area contributed by atoms with Gasteiger partial charge in [0.05, 0.1) is 7.11 Å². The van der Waals surface area contributed by atoms with Crippen LogP contribution in [0, 0.1) is 0 Å². The van der Waals surface area contributed by atoms with E-state index in [0.29, 0.717) is 0 Å². The van der Waals surface area contributed by atoms with Crippen molar-refractivity contribution in [3.05, 3.63) is 48.0 Å². The van der Waals surface area contributed by atoms with E-state index in [2.05, 4.69) is 11.3 Å². The van der Waals surface area contributed by atoms with Gasteiger partial charge >= 0.3 is 12.1 Å². The van der Waals surface area contributed by atoms with Crippen LogP contribution in [0.2, 0.25) is 0 Å². The third-order valence-corrected chi connectivity index (χ3v) is 2.26. The first kappa shape index (κ1) is 13.3. The number of carbonyl (C=O) groups excluding carboxylic acids is 1. The third-order valence-electron chi connectivity index (χ3n) is 2.26. The average Bonchev–Trinajstić information content (AvgIpc) is 2.27. The summed E-state index contributed by atoms with van der Waals surface area (Å²) in [7, 11) is 1.02. The Hall–Kier alpha value is -1.78. The van der Waals surface area contributed by atoms with Crippen molar-refractivity contribution in [3.63, 3.8) is 0 Å². The minimum absolute atomic E-state index is 0.0320. The van der Waals surface area contributed by atoms with Gasteiger partial charge in [0, 0.05) is 5.57 Å². The highest BCUT2D eigenvalue weighted by Gasteiger charge is 2.44. The molecular formula is C12H11F3O2. The largest absolute Gasteiger partial charge is 0.466 e. The normalized spacial score (nSPS) is 12.9. The molecule has 0 spiro atoms. The molecule has 0 aliphatic carbocycles. The number of benzene rings is 1. The quantitative estimate of drug-likeness (QED) is 0.603. The molecule has 17 heavy (non-hydrogen) atoms. The average molecular weight is 244 g/mol. The minimum atomic E-state index is -4.58. The van der Waals surface area contributed by atoms with E-state index in [1.54, 1.807) is 6.07 Å². The number of carbonyl (C=O) groups is 1. The summed E-state index contributed by atoms with van der Waals surface area (Å²) in [5.74, 6) is -3.09. The van der Waals surface area contributed by atoms with Gasteiger partial charge < -0.3 is 4.74 Å². The Morgan fingerprint density at radius 3 is 2.24 bits per heavy atom. The molecule has 0 aliphatic heterocycles. The van der Waals surface area contributed by atoms with Gasteiger partial charge in [-0.1, -0.05) is 36.9 Å².